The van der Waals surface area contributed by atoms with Gasteiger partial charge in [0.05, 0.1) is 0 Å². The number of carbonyl (C=O) groups excluding carboxylic acids is 2. The highest BCUT2D eigenvalue weighted by Crippen LogP contribution is 2.42. The van der Waals surface area contributed by atoms with Gasteiger partial charge in [-0.15, -0.1) is 0 Å². The standard InChI is InChI=1S/C23H29N3O2/c27-21(9-3-6-17-16-24-20-8-2-1-7-19(17)20)26-15-5-13-23(26)12-4-14-25(22(23)28)18-10-11-18/h1-2,7-8,16,18,24H,3-6,9-15H2. The fourth-order valence-corrected chi connectivity index (χ4v) is 5.38. The number of aromatic amines is 1. The first-order valence-electron chi connectivity index (χ1n) is 10.9. The summed E-state index contributed by atoms with van der Waals surface area (Å²) >= 11 is 0. The number of nitrogens with one attached hydrogen (secondary N) is 1. The zero-order chi connectivity index (χ0) is 19.1. The number of aryl methyl sites for hydroxylation is 1. The number of likely N-dealkylation sites (tertiary alicyclic amines) is 2. The van der Waals surface area contributed by atoms with E-state index in [2.05, 4.69) is 34.3 Å². The molecule has 0 radical (unpaired) electrons. The van der Waals surface area contributed by atoms with Crippen LogP contribution in [0, 0.1) is 0 Å². The van der Waals surface area contributed by atoms with Crippen molar-refractivity contribution in [2.24, 2.45) is 0 Å². The van der Waals surface area contributed by atoms with Gasteiger partial charge in [0.15, 0.2) is 0 Å². The van der Waals surface area contributed by atoms with Gasteiger partial charge in [-0.25, -0.2) is 0 Å². The molecule has 1 aromatic heterocycles. The van der Waals surface area contributed by atoms with Gasteiger partial charge in [-0.1, -0.05) is 18.2 Å². The number of H-pyrrole nitrogens is 1. The van der Waals surface area contributed by atoms with Crippen molar-refractivity contribution < 1.29 is 9.59 Å². The smallest absolute Gasteiger partial charge is 0.248 e. The van der Waals surface area contributed by atoms with Crippen molar-refractivity contribution in [1.29, 1.82) is 0 Å². The highest BCUT2D eigenvalue weighted by Gasteiger charge is 2.54. The predicted octanol–water partition coefficient (Wildman–Crippen LogP) is 3.64. The zero-order valence-electron chi connectivity index (χ0n) is 16.5. The lowest BCUT2D eigenvalue weighted by Gasteiger charge is -2.44. The van der Waals surface area contributed by atoms with Crippen molar-refractivity contribution in [3.63, 3.8) is 0 Å². The number of piperidine rings is 1. The Morgan fingerprint density at radius 1 is 1.14 bits per heavy atom. The maximum atomic E-state index is 13.3. The Morgan fingerprint density at radius 2 is 1.93 bits per heavy atom. The second kappa shape index (κ2) is 6.94. The van der Waals surface area contributed by atoms with E-state index in [1.807, 2.05) is 11.0 Å². The average Bonchev–Trinajstić information content (AvgIpc) is 3.34. The molecule has 1 N–H and O–H groups in total. The lowest BCUT2D eigenvalue weighted by Crippen LogP contribution is -2.61. The van der Waals surface area contributed by atoms with E-state index in [0.29, 0.717) is 12.5 Å². The van der Waals surface area contributed by atoms with E-state index in [-0.39, 0.29) is 11.8 Å². The third-order valence-corrected chi connectivity index (χ3v) is 6.94. The molecule has 3 heterocycles. The molecule has 148 valence electrons. The minimum atomic E-state index is -0.529. The molecule has 3 aliphatic rings. The third kappa shape index (κ3) is 2.92. The molecule has 0 bridgehead atoms. The van der Waals surface area contributed by atoms with Crippen LogP contribution in [0.15, 0.2) is 30.5 Å². The lowest BCUT2D eigenvalue weighted by molar-refractivity contribution is -0.155. The van der Waals surface area contributed by atoms with E-state index in [1.54, 1.807) is 0 Å². The molecule has 2 aliphatic heterocycles. The van der Waals surface area contributed by atoms with Gasteiger partial charge in [-0.2, -0.15) is 0 Å². The molecule has 1 unspecified atom stereocenters. The van der Waals surface area contributed by atoms with Crippen LogP contribution in [0.5, 0.6) is 0 Å². The van der Waals surface area contributed by atoms with Crippen LogP contribution < -0.4 is 0 Å². The third-order valence-electron chi connectivity index (χ3n) is 6.94. The zero-order valence-corrected chi connectivity index (χ0v) is 16.5. The average molecular weight is 380 g/mol. The van der Waals surface area contributed by atoms with Crippen molar-refractivity contribution in [3.8, 4) is 0 Å². The molecule has 5 heteroatoms. The van der Waals surface area contributed by atoms with E-state index in [1.165, 1.54) is 10.9 Å². The molecule has 1 saturated carbocycles. The largest absolute Gasteiger partial charge is 0.361 e. The van der Waals surface area contributed by atoms with Crippen molar-refractivity contribution >= 4 is 22.7 Å². The quantitative estimate of drug-likeness (QED) is 0.862. The molecule has 1 atom stereocenters. The number of hydrogen-bond donors (Lipinski definition) is 1. The second-order valence-corrected chi connectivity index (χ2v) is 8.73. The Labute approximate surface area is 166 Å². The number of carbonyl (C=O) groups is 2. The topological polar surface area (TPSA) is 56.4 Å². The monoisotopic (exact) mass is 379 g/mol. The van der Waals surface area contributed by atoms with Crippen LogP contribution in [0.1, 0.15) is 56.9 Å². The van der Waals surface area contributed by atoms with E-state index < -0.39 is 5.54 Å². The van der Waals surface area contributed by atoms with Crippen LogP contribution in [-0.4, -0.2) is 51.3 Å². The summed E-state index contributed by atoms with van der Waals surface area (Å²) in [5.74, 6) is 0.409. The minimum Gasteiger partial charge on any atom is -0.361 e. The predicted molar refractivity (Wildman–Crippen MR) is 109 cm³/mol. The lowest BCUT2D eigenvalue weighted by atomic mass is 9.85. The molecule has 3 fully saturated rings. The number of fused-ring (bicyclic) bond motifs is 1. The summed E-state index contributed by atoms with van der Waals surface area (Å²) in [5.41, 5.74) is 1.89. The number of hydrogen-bond acceptors (Lipinski definition) is 2. The van der Waals surface area contributed by atoms with Gasteiger partial charge in [-0.3, -0.25) is 9.59 Å². The molecule has 28 heavy (non-hydrogen) atoms. The molecule has 5 rings (SSSR count). The number of aromatic nitrogens is 1. The molecule has 1 spiro atoms. The highest BCUT2D eigenvalue weighted by atomic mass is 16.2. The van der Waals surface area contributed by atoms with Gasteiger partial charge in [0.1, 0.15) is 5.54 Å². The molecule has 2 saturated heterocycles. The number of nitrogens with zero attached hydrogens (tertiary/aromatic N) is 2. The van der Waals surface area contributed by atoms with Crippen molar-refractivity contribution in [2.45, 2.75) is 69.4 Å². The highest BCUT2D eigenvalue weighted by molar-refractivity contribution is 5.93. The first-order chi connectivity index (χ1) is 13.7. The molecule has 1 aromatic carbocycles. The fourth-order valence-electron chi connectivity index (χ4n) is 5.38. The van der Waals surface area contributed by atoms with E-state index in [4.69, 9.17) is 0 Å². The van der Waals surface area contributed by atoms with Crippen LogP contribution in [0.2, 0.25) is 0 Å². The first kappa shape index (κ1) is 17.8. The van der Waals surface area contributed by atoms with Crippen LogP contribution in [-0.2, 0) is 16.0 Å². The Kier molecular flexibility index (Phi) is 4.41. The summed E-state index contributed by atoms with van der Waals surface area (Å²) in [6, 6.07) is 8.75. The molecular weight excluding hydrogens is 350 g/mol. The van der Waals surface area contributed by atoms with Gasteiger partial charge in [0.2, 0.25) is 11.8 Å². The first-order valence-corrected chi connectivity index (χ1v) is 10.9. The Morgan fingerprint density at radius 3 is 2.75 bits per heavy atom. The number of rotatable bonds is 5. The Bertz CT molecular complexity index is 900. The minimum absolute atomic E-state index is 0.170. The van der Waals surface area contributed by atoms with E-state index in [9.17, 15) is 9.59 Å². The number of benzene rings is 1. The van der Waals surface area contributed by atoms with Gasteiger partial charge >= 0.3 is 0 Å². The molecular formula is C23H29N3O2. The molecule has 2 amide bonds. The Hall–Kier alpha value is -2.30. The summed E-state index contributed by atoms with van der Waals surface area (Å²) in [5, 5.41) is 1.25. The normalized spacial score (nSPS) is 25.2. The van der Waals surface area contributed by atoms with E-state index in [0.717, 1.165) is 70.0 Å². The van der Waals surface area contributed by atoms with Gasteiger partial charge in [0.25, 0.3) is 0 Å². The van der Waals surface area contributed by atoms with Crippen LogP contribution in [0.25, 0.3) is 10.9 Å². The number of para-hydroxylation sites is 1. The summed E-state index contributed by atoms with van der Waals surface area (Å²) < 4.78 is 0. The SMILES string of the molecule is O=C(CCCc1c[nH]c2ccccc12)N1CCCC12CCCN(C1CC1)C2=O. The Balaban J connectivity index is 1.25. The maximum Gasteiger partial charge on any atom is 0.248 e. The van der Waals surface area contributed by atoms with Crippen molar-refractivity contribution in [3.05, 3.63) is 36.0 Å². The number of amides is 2. The molecule has 2 aromatic rings. The van der Waals surface area contributed by atoms with Gasteiger partial charge < -0.3 is 14.8 Å². The van der Waals surface area contributed by atoms with Crippen molar-refractivity contribution in [1.82, 2.24) is 14.8 Å². The molecule has 5 nitrogen and oxygen atoms in total. The molecule has 1 aliphatic carbocycles. The second-order valence-electron chi connectivity index (χ2n) is 8.73. The van der Waals surface area contributed by atoms with E-state index >= 15 is 0 Å². The summed E-state index contributed by atoms with van der Waals surface area (Å²) in [6.45, 7) is 1.63. The summed E-state index contributed by atoms with van der Waals surface area (Å²) in [4.78, 5) is 33.7. The van der Waals surface area contributed by atoms with Crippen LogP contribution in [0.3, 0.4) is 0 Å². The van der Waals surface area contributed by atoms with Crippen LogP contribution in [0.4, 0.5) is 0 Å². The van der Waals surface area contributed by atoms with Crippen LogP contribution >= 0.6 is 0 Å². The summed E-state index contributed by atoms with van der Waals surface area (Å²) in [6.07, 6.45) is 10.3. The van der Waals surface area contributed by atoms with Gasteiger partial charge in [-0.05, 0) is 63.0 Å². The summed E-state index contributed by atoms with van der Waals surface area (Å²) in [7, 11) is 0. The van der Waals surface area contributed by atoms with Gasteiger partial charge in [0, 0.05) is 42.7 Å². The maximum absolute atomic E-state index is 13.3. The fraction of sp³-hybridized carbons (Fsp3) is 0.565. The van der Waals surface area contributed by atoms with Crippen molar-refractivity contribution in [2.75, 3.05) is 13.1 Å².